The molecule has 0 spiro atoms. The molecule has 0 saturated carbocycles. The van der Waals surface area contributed by atoms with Gasteiger partial charge in [-0.1, -0.05) is 97.1 Å². The predicted octanol–water partition coefficient (Wildman–Crippen LogP) is 10.6. The van der Waals surface area contributed by atoms with Gasteiger partial charge in [-0.25, -0.2) is 4.98 Å². The third kappa shape index (κ3) is 3.31. The van der Waals surface area contributed by atoms with Gasteiger partial charge in [0, 0.05) is 28.1 Å². The monoisotopic (exact) mass is 536 g/mol. The quantitative estimate of drug-likeness (QED) is 0.210. The van der Waals surface area contributed by atoms with E-state index < -0.39 is 0 Å². The van der Waals surface area contributed by atoms with Crippen molar-refractivity contribution in [3.05, 3.63) is 146 Å². The molecule has 0 aliphatic rings. The van der Waals surface area contributed by atoms with Crippen LogP contribution in [0.5, 0.6) is 0 Å². The molecule has 3 aromatic heterocycles. The van der Waals surface area contributed by atoms with E-state index >= 15 is 0 Å². The van der Waals surface area contributed by atoms with Crippen molar-refractivity contribution in [1.82, 2.24) is 9.55 Å². The van der Waals surface area contributed by atoms with Crippen molar-refractivity contribution in [2.24, 2.45) is 0 Å². The summed E-state index contributed by atoms with van der Waals surface area (Å²) in [5.41, 5.74) is 4.37. The molecule has 42 heavy (non-hydrogen) atoms. The standard InChI is InChI=1S/C39H24N2O/c1-2-12-28-26(10-1)27-11-3-4-13-29(27)33-24-25(19-20-30(28)33)36-21-22-37(42-36)32-15-9-17-35-39(32)31-14-5-6-16-34(31)41(35)38-18-7-8-23-40-38/h1-24H. The molecule has 0 unspecified atom stereocenters. The van der Waals surface area contributed by atoms with Crippen LogP contribution in [-0.4, -0.2) is 9.55 Å². The van der Waals surface area contributed by atoms with Gasteiger partial charge < -0.3 is 4.42 Å². The molecule has 196 valence electrons. The van der Waals surface area contributed by atoms with E-state index in [1.165, 1.54) is 37.7 Å². The van der Waals surface area contributed by atoms with Crippen LogP contribution in [0.25, 0.3) is 82.6 Å². The first-order valence-electron chi connectivity index (χ1n) is 14.2. The second kappa shape index (κ2) is 8.92. The number of fused-ring (bicyclic) bond motifs is 9. The van der Waals surface area contributed by atoms with Crippen LogP contribution in [0.1, 0.15) is 0 Å². The van der Waals surface area contributed by atoms with Crippen LogP contribution >= 0.6 is 0 Å². The Balaban J connectivity index is 1.24. The number of nitrogens with zero attached hydrogens (tertiary/aromatic N) is 2. The molecule has 3 nitrogen and oxygen atoms in total. The average molecular weight is 537 g/mol. The van der Waals surface area contributed by atoms with Crippen LogP contribution in [0, 0.1) is 0 Å². The Bertz CT molecular complexity index is 2430. The first-order valence-corrected chi connectivity index (χ1v) is 14.2. The van der Waals surface area contributed by atoms with Crippen molar-refractivity contribution in [3.8, 4) is 28.5 Å². The van der Waals surface area contributed by atoms with Crippen molar-refractivity contribution in [2.45, 2.75) is 0 Å². The highest BCUT2D eigenvalue weighted by atomic mass is 16.3. The van der Waals surface area contributed by atoms with E-state index in [1.54, 1.807) is 0 Å². The Morgan fingerprint density at radius 1 is 0.452 bits per heavy atom. The van der Waals surface area contributed by atoms with Crippen molar-refractivity contribution < 1.29 is 4.42 Å². The maximum atomic E-state index is 6.65. The Kier molecular flexibility index (Phi) is 4.90. The van der Waals surface area contributed by atoms with E-state index in [2.05, 4.69) is 137 Å². The molecular formula is C39H24N2O. The molecule has 9 rings (SSSR count). The third-order valence-electron chi connectivity index (χ3n) is 8.48. The van der Waals surface area contributed by atoms with Crippen molar-refractivity contribution in [3.63, 3.8) is 0 Å². The number of furan rings is 1. The number of para-hydroxylation sites is 1. The fraction of sp³-hybridized carbons (Fsp3) is 0. The molecule has 0 saturated heterocycles. The van der Waals surface area contributed by atoms with Gasteiger partial charge in [-0.3, -0.25) is 4.57 Å². The summed E-state index contributed by atoms with van der Waals surface area (Å²) >= 11 is 0. The molecule has 3 heterocycles. The highest BCUT2D eigenvalue weighted by Crippen LogP contribution is 2.41. The largest absolute Gasteiger partial charge is 0.456 e. The number of benzene rings is 6. The van der Waals surface area contributed by atoms with Gasteiger partial charge in [0.05, 0.1) is 11.0 Å². The van der Waals surface area contributed by atoms with E-state index in [0.717, 1.165) is 44.9 Å². The lowest BCUT2D eigenvalue weighted by Gasteiger charge is -2.11. The summed E-state index contributed by atoms with van der Waals surface area (Å²) in [6.07, 6.45) is 1.84. The molecule has 0 aliphatic heterocycles. The zero-order chi connectivity index (χ0) is 27.6. The molecule has 0 N–H and O–H groups in total. The average Bonchev–Trinajstić information content (AvgIpc) is 3.69. The molecule has 0 amide bonds. The second-order valence-corrected chi connectivity index (χ2v) is 10.8. The summed E-state index contributed by atoms with van der Waals surface area (Å²) < 4.78 is 8.88. The van der Waals surface area contributed by atoms with Gasteiger partial charge in [0.2, 0.25) is 0 Å². The number of rotatable bonds is 3. The van der Waals surface area contributed by atoms with E-state index in [1.807, 2.05) is 18.3 Å². The minimum atomic E-state index is 0.850. The lowest BCUT2D eigenvalue weighted by molar-refractivity contribution is 0.598. The lowest BCUT2D eigenvalue weighted by Crippen LogP contribution is -1.96. The number of hydrogen-bond acceptors (Lipinski definition) is 2. The summed E-state index contributed by atoms with van der Waals surface area (Å²) in [6.45, 7) is 0. The molecular weight excluding hydrogens is 512 g/mol. The van der Waals surface area contributed by atoms with Crippen molar-refractivity contribution in [2.75, 3.05) is 0 Å². The molecule has 0 aliphatic carbocycles. The molecule has 0 fully saturated rings. The summed E-state index contributed by atoms with van der Waals surface area (Å²) in [4.78, 5) is 4.67. The number of aromatic nitrogens is 2. The van der Waals surface area contributed by atoms with Gasteiger partial charge >= 0.3 is 0 Å². The molecule has 0 radical (unpaired) electrons. The SMILES string of the molecule is c1ccc(-n2c3ccccc3c3c(-c4ccc(-c5ccc6c7ccccc7c7ccccc7c6c5)o4)cccc32)nc1. The van der Waals surface area contributed by atoms with Gasteiger partial charge in [0.1, 0.15) is 17.3 Å². The van der Waals surface area contributed by atoms with Crippen LogP contribution in [0.3, 0.4) is 0 Å². The minimum absolute atomic E-state index is 0.850. The molecule has 0 bridgehead atoms. The Morgan fingerprint density at radius 2 is 1.07 bits per heavy atom. The Labute approximate surface area is 241 Å². The normalized spacial score (nSPS) is 11.8. The zero-order valence-electron chi connectivity index (χ0n) is 22.7. The summed E-state index contributed by atoms with van der Waals surface area (Å²) in [6, 6.07) is 49.2. The van der Waals surface area contributed by atoms with Gasteiger partial charge in [-0.15, -0.1) is 0 Å². The first-order chi connectivity index (χ1) is 20.8. The minimum Gasteiger partial charge on any atom is -0.456 e. The Morgan fingerprint density at radius 3 is 1.81 bits per heavy atom. The third-order valence-corrected chi connectivity index (χ3v) is 8.48. The Hall–Kier alpha value is -5.67. The van der Waals surface area contributed by atoms with Gasteiger partial charge in [-0.2, -0.15) is 0 Å². The topological polar surface area (TPSA) is 31.0 Å². The van der Waals surface area contributed by atoms with Crippen LogP contribution in [0.2, 0.25) is 0 Å². The summed E-state index contributed by atoms with van der Waals surface area (Å²) in [5.74, 6) is 2.61. The highest BCUT2D eigenvalue weighted by molar-refractivity contribution is 6.25. The second-order valence-electron chi connectivity index (χ2n) is 10.8. The molecule has 6 aromatic carbocycles. The van der Waals surface area contributed by atoms with Crippen LogP contribution in [-0.2, 0) is 0 Å². The van der Waals surface area contributed by atoms with Crippen molar-refractivity contribution >= 4 is 54.1 Å². The first kappa shape index (κ1) is 23.1. The van der Waals surface area contributed by atoms with E-state index in [9.17, 15) is 0 Å². The van der Waals surface area contributed by atoms with Gasteiger partial charge in [0.25, 0.3) is 0 Å². The van der Waals surface area contributed by atoms with Crippen molar-refractivity contribution in [1.29, 1.82) is 0 Å². The fourth-order valence-corrected chi connectivity index (χ4v) is 6.66. The zero-order valence-corrected chi connectivity index (χ0v) is 22.7. The van der Waals surface area contributed by atoms with Gasteiger partial charge in [0.15, 0.2) is 0 Å². The smallest absolute Gasteiger partial charge is 0.137 e. The lowest BCUT2D eigenvalue weighted by atomic mass is 9.93. The maximum Gasteiger partial charge on any atom is 0.137 e. The number of pyridine rings is 1. The van der Waals surface area contributed by atoms with Crippen LogP contribution < -0.4 is 0 Å². The van der Waals surface area contributed by atoms with E-state index in [0.29, 0.717) is 0 Å². The maximum absolute atomic E-state index is 6.65. The van der Waals surface area contributed by atoms with E-state index in [4.69, 9.17) is 4.42 Å². The predicted molar refractivity (Wildman–Crippen MR) is 174 cm³/mol. The highest BCUT2D eigenvalue weighted by Gasteiger charge is 2.18. The van der Waals surface area contributed by atoms with Crippen LogP contribution in [0.4, 0.5) is 0 Å². The van der Waals surface area contributed by atoms with Crippen LogP contribution in [0.15, 0.2) is 150 Å². The number of hydrogen-bond donors (Lipinski definition) is 0. The molecule has 3 heteroatoms. The molecule has 9 aromatic rings. The van der Waals surface area contributed by atoms with Gasteiger partial charge in [-0.05, 0) is 74.8 Å². The summed E-state index contributed by atoms with van der Waals surface area (Å²) in [5, 5.41) is 9.92. The molecule has 0 atom stereocenters. The summed E-state index contributed by atoms with van der Waals surface area (Å²) in [7, 11) is 0. The fourth-order valence-electron chi connectivity index (χ4n) is 6.66. The van der Waals surface area contributed by atoms with E-state index in [-0.39, 0.29) is 0 Å².